The lowest BCUT2D eigenvalue weighted by molar-refractivity contribution is 0.0995. The van der Waals surface area contributed by atoms with E-state index in [1.807, 2.05) is 0 Å². The van der Waals surface area contributed by atoms with Gasteiger partial charge in [-0.05, 0) is 6.42 Å². The molecule has 1 heterocycles. The fourth-order valence-corrected chi connectivity index (χ4v) is 0.856. The molecule has 68 valence electrons. The molecule has 0 aliphatic carbocycles. The van der Waals surface area contributed by atoms with E-state index in [0.29, 0.717) is 5.89 Å². The van der Waals surface area contributed by atoms with Gasteiger partial charge in [0.25, 0.3) is 5.89 Å². The van der Waals surface area contributed by atoms with Gasteiger partial charge in [-0.2, -0.15) is 4.98 Å². The standard InChI is InChI=1S/C7H13N3O2/c1-2-3-4-6-9-7(5-11-8)12-10-6/h2-5,8H2,1H3. The van der Waals surface area contributed by atoms with Crippen LogP contribution < -0.4 is 5.90 Å². The molecule has 0 bridgehead atoms. The summed E-state index contributed by atoms with van der Waals surface area (Å²) in [6.45, 7) is 2.29. The highest BCUT2D eigenvalue weighted by atomic mass is 16.6. The Morgan fingerprint density at radius 3 is 3.08 bits per heavy atom. The SMILES string of the molecule is CCCCc1noc(CON)n1. The summed E-state index contributed by atoms with van der Waals surface area (Å²) in [7, 11) is 0. The highest BCUT2D eigenvalue weighted by Crippen LogP contribution is 2.02. The third-order valence-electron chi connectivity index (χ3n) is 1.47. The van der Waals surface area contributed by atoms with E-state index in [-0.39, 0.29) is 6.61 Å². The molecule has 2 N–H and O–H groups in total. The second-order valence-corrected chi connectivity index (χ2v) is 2.52. The first-order valence-electron chi connectivity index (χ1n) is 4.00. The zero-order chi connectivity index (χ0) is 8.81. The van der Waals surface area contributed by atoms with Gasteiger partial charge in [0.1, 0.15) is 6.61 Å². The van der Waals surface area contributed by atoms with Gasteiger partial charge in [0.05, 0.1) is 0 Å². The zero-order valence-corrected chi connectivity index (χ0v) is 7.12. The van der Waals surface area contributed by atoms with Crippen LogP contribution in [0.3, 0.4) is 0 Å². The van der Waals surface area contributed by atoms with E-state index in [0.717, 1.165) is 25.1 Å². The minimum Gasteiger partial charge on any atom is -0.337 e. The van der Waals surface area contributed by atoms with E-state index >= 15 is 0 Å². The van der Waals surface area contributed by atoms with Crippen LogP contribution in [0.15, 0.2) is 4.52 Å². The summed E-state index contributed by atoms with van der Waals surface area (Å²) in [6.07, 6.45) is 3.05. The molecule has 0 spiro atoms. The second-order valence-electron chi connectivity index (χ2n) is 2.52. The van der Waals surface area contributed by atoms with Gasteiger partial charge in [-0.1, -0.05) is 18.5 Å². The summed E-state index contributed by atoms with van der Waals surface area (Å²) in [6, 6.07) is 0. The van der Waals surface area contributed by atoms with Crippen LogP contribution in [-0.2, 0) is 17.9 Å². The quantitative estimate of drug-likeness (QED) is 0.663. The Hall–Kier alpha value is -0.940. The minimum atomic E-state index is 0.180. The van der Waals surface area contributed by atoms with E-state index in [2.05, 4.69) is 21.9 Å². The number of nitrogens with zero attached hydrogens (tertiary/aromatic N) is 2. The Bertz CT molecular complexity index is 224. The summed E-state index contributed by atoms with van der Waals surface area (Å²) in [5, 5.41) is 3.75. The molecule has 0 radical (unpaired) electrons. The van der Waals surface area contributed by atoms with Crippen LogP contribution >= 0.6 is 0 Å². The molecule has 0 unspecified atom stereocenters. The van der Waals surface area contributed by atoms with Crippen LogP contribution in [-0.4, -0.2) is 10.1 Å². The molecule has 0 saturated carbocycles. The van der Waals surface area contributed by atoms with Crippen LogP contribution in [0.4, 0.5) is 0 Å². The van der Waals surface area contributed by atoms with Crippen molar-refractivity contribution in [1.82, 2.24) is 10.1 Å². The molecule has 0 aromatic carbocycles. The third kappa shape index (κ3) is 2.60. The number of aryl methyl sites for hydroxylation is 1. The monoisotopic (exact) mass is 171 g/mol. The highest BCUT2D eigenvalue weighted by molar-refractivity contribution is 4.84. The summed E-state index contributed by atoms with van der Waals surface area (Å²) in [5.41, 5.74) is 0. The maximum atomic E-state index is 4.84. The van der Waals surface area contributed by atoms with Gasteiger partial charge in [0, 0.05) is 6.42 Å². The maximum absolute atomic E-state index is 4.84. The number of hydrogen-bond acceptors (Lipinski definition) is 5. The van der Waals surface area contributed by atoms with E-state index in [1.165, 1.54) is 0 Å². The summed E-state index contributed by atoms with van der Waals surface area (Å²) in [4.78, 5) is 8.40. The van der Waals surface area contributed by atoms with E-state index in [4.69, 9.17) is 10.4 Å². The van der Waals surface area contributed by atoms with Gasteiger partial charge >= 0.3 is 0 Å². The van der Waals surface area contributed by atoms with E-state index in [1.54, 1.807) is 0 Å². The lowest BCUT2D eigenvalue weighted by Crippen LogP contribution is -1.99. The number of unbranched alkanes of at least 4 members (excludes halogenated alkanes) is 1. The molecule has 0 fully saturated rings. The van der Waals surface area contributed by atoms with Crippen LogP contribution in [0.25, 0.3) is 0 Å². The van der Waals surface area contributed by atoms with Crippen molar-refractivity contribution in [2.75, 3.05) is 0 Å². The van der Waals surface area contributed by atoms with Crippen molar-refractivity contribution in [3.05, 3.63) is 11.7 Å². The first-order valence-corrected chi connectivity index (χ1v) is 4.00. The van der Waals surface area contributed by atoms with Crippen molar-refractivity contribution in [2.45, 2.75) is 32.8 Å². The number of aromatic nitrogens is 2. The van der Waals surface area contributed by atoms with Crippen molar-refractivity contribution in [2.24, 2.45) is 5.90 Å². The molecular weight excluding hydrogens is 158 g/mol. The molecule has 1 rings (SSSR count). The van der Waals surface area contributed by atoms with Crippen molar-refractivity contribution in [3.63, 3.8) is 0 Å². The molecular formula is C7H13N3O2. The van der Waals surface area contributed by atoms with E-state index < -0.39 is 0 Å². The van der Waals surface area contributed by atoms with Crippen molar-refractivity contribution >= 4 is 0 Å². The fraction of sp³-hybridized carbons (Fsp3) is 0.714. The second kappa shape index (κ2) is 4.84. The molecule has 1 aromatic heterocycles. The molecule has 0 saturated heterocycles. The normalized spacial score (nSPS) is 10.5. The molecule has 0 aliphatic rings. The van der Waals surface area contributed by atoms with Crippen LogP contribution in [0.2, 0.25) is 0 Å². The zero-order valence-electron chi connectivity index (χ0n) is 7.12. The lowest BCUT2D eigenvalue weighted by Gasteiger charge is -1.88. The Morgan fingerprint density at radius 2 is 2.42 bits per heavy atom. The first-order chi connectivity index (χ1) is 5.86. The first kappa shape index (κ1) is 9.15. The molecule has 1 aromatic rings. The van der Waals surface area contributed by atoms with Gasteiger partial charge in [0.15, 0.2) is 5.82 Å². The predicted molar refractivity (Wildman–Crippen MR) is 41.9 cm³/mol. The largest absolute Gasteiger partial charge is 0.337 e. The summed E-state index contributed by atoms with van der Waals surface area (Å²) in [5.74, 6) is 6.00. The average molecular weight is 171 g/mol. The topological polar surface area (TPSA) is 74.2 Å². The van der Waals surface area contributed by atoms with Gasteiger partial charge in [-0.3, -0.25) is 4.84 Å². The Labute approximate surface area is 70.8 Å². The summed E-state index contributed by atoms with van der Waals surface area (Å²) < 4.78 is 4.84. The van der Waals surface area contributed by atoms with Gasteiger partial charge in [-0.15, -0.1) is 0 Å². The molecule has 12 heavy (non-hydrogen) atoms. The van der Waals surface area contributed by atoms with Gasteiger partial charge < -0.3 is 4.52 Å². The number of nitrogens with two attached hydrogens (primary N) is 1. The predicted octanol–water partition coefficient (Wildman–Crippen LogP) is 0.802. The summed E-state index contributed by atoms with van der Waals surface area (Å²) >= 11 is 0. The highest BCUT2D eigenvalue weighted by Gasteiger charge is 2.04. The molecule has 0 aliphatic heterocycles. The van der Waals surface area contributed by atoms with Crippen LogP contribution in [0, 0.1) is 0 Å². The molecule has 5 heteroatoms. The Kier molecular flexibility index (Phi) is 3.69. The van der Waals surface area contributed by atoms with Crippen LogP contribution in [0.5, 0.6) is 0 Å². The number of rotatable bonds is 5. The minimum absolute atomic E-state index is 0.180. The van der Waals surface area contributed by atoms with E-state index in [9.17, 15) is 0 Å². The van der Waals surface area contributed by atoms with Gasteiger partial charge in [0.2, 0.25) is 0 Å². The average Bonchev–Trinajstić information content (AvgIpc) is 2.50. The lowest BCUT2D eigenvalue weighted by atomic mass is 10.2. The fourth-order valence-electron chi connectivity index (χ4n) is 0.856. The van der Waals surface area contributed by atoms with Crippen molar-refractivity contribution < 1.29 is 9.36 Å². The van der Waals surface area contributed by atoms with Crippen molar-refractivity contribution in [1.29, 1.82) is 0 Å². The van der Waals surface area contributed by atoms with Crippen LogP contribution in [0.1, 0.15) is 31.5 Å². The maximum Gasteiger partial charge on any atom is 0.254 e. The molecule has 0 atom stereocenters. The Balaban J connectivity index is 2.41. The molecule has 0 amide bonds. The third-order valence-corrected chi connectivity index (χ3v) is 1.47. The molecule has 5 nitrogen and oxygen atoms in total. The Morgan fingerprint density at radius 1 is 1.58 bits per heavy atom. The van der Waals surface area contributed by atoms with Gasteiger partial charge in [-0.25, -0.2) is 5.90 Å². The van der Waals surface area contributed by atoms with Crippen molar-refractivity contribution in [3.8, 4) is 0 Å². The number of hydrogen-bond donors (Lipinski definition) is 1. The smallest absolute Gasteiger partial charge is 0.254 e.